The van der Waals surface area contributed by atoms with Crippen molar-refractivity contribution in [1.82, 2.24) is 10.9 Å². The van der Waals surface area contributed by atoms with E-state index in [1.807, 2.05) is 25.1 Å². The third-order valence-electron chi connectivity index (χ3n) is 2.95. The molecule has 7 heteroatoms. The van der Waals surface area contributed by atoms with E-state index in [0.29, 0.717) is 11.5 Å². The van der Waals surface area contributed by atoms with Gasteiger partial charge in [0.1, 0.15) is 11.5 Å². The van der Waals surface area contributed by atoms with Crippen LogP contribution in [0.4, 0.5) is 0 Å². The maximum Gasteiger partial charge on any atom is 0.276 e. The normalized spacial score (nSPS) is 9.92. The quantitative estimate of drug-likeness (QED) is 0.739. The molecule has 2 aromatic rings. The Morgan fingerprint density at radius 1 is 0.917 bits per heavy atom. The van der Waals surface area contributed by atoms with E-state index in [1.165, 1.54) is 0 Å². The molecule has 0 aliphatic rings. The van der Waals surface area contributed by atoms with Gasteiger partial charge in [-0.1, -0.05) is 34.1 Å². The van der Waals surface area contributed by atoms with Crippen LogP contribution in [-0.4, -0.2) is 25.0 Å². The van der Waals surface area contributed by atoms with Crippen LogP contribution in [0.2, 0.25) is 0 Å². The highest BCUT2D eigenvalue weighted by Gasteiger charge is 2.07. The molecule has 0 aromatic heterocycles. The first-order chi connectivity index (χ1) is 11.5. The zero-order valence-corrected chi connectivity index (χ0v) is 14.6. The standard InChI is InChI=1S/C17H17BrN2O4/c1-12-9-14(7-8-15(12)18)24-11-17(22)20-19-16(21)10-23-13-5-3-2-4-6-13/h2-9H,10-11H2,1H3,(H,19,21)(H,20,22). The van der Waals surface area contributed by atoms with Gasteiger partial charge in [-0.25, -0.2) is 0 Å². The Morgan fingerprint density at radius 3 is 2.08 bits per heavy atom. The van der Waals surface area contributed by atoms with Crippen molar-refractivity contribution in [3.63, 3.8) is 0 Å². The Labute approximate surface area is 148 Å². The molecular weight excluding hydrogens is 376 g/mol. The molecular formula is C17H17BrN2O4. The molecule has 0 bridgehead atoms. The lowest BCUT2D eigenvalue weighted by atomic mass is 10.2. The fraction of sp³-hybridized carbons (Fsp3) is 0.176. The summed E-state index contributed by atoms with van der Waals surface area (Å²) in [5.41, 5.74) is 5.52. The van der Waals surface area contributed by atoms with E-state index in [0.717, 1.165) is 10.0 Å². The number of hydrogen-bond acceptors (Lipinski definition) is 4. The van der Waals surface area contributed by atoms with E-state index >= 15 is 0 Å². The monoisotopic (exact) mass is 392 g/mol. The van der Waals surface area contributed by atoms with Crippen LogP contribution in [0.15, 0.2) is 53.0 Å². The number of halogens is 1. The predicted octanol–water partition coefficient (Wildman–Crippen LogP) is 2.36. The van der Waals surface area contributed by atoms with Crippen LogP contribution in [0.5, 0.6) is 11.5 Å². The number of ether oxygens (including phenoxy) is 2. The van der Waals surface area contributed by atoms with Gasteiger partial charge in [0, 0.05) is 4.47 Å². The lowest BCUT2D eigenvalue weighted by Gasteiger charge is -2.10. The van der Waals surface area contributed by atoms with Gasteiger partial charge in [-0.2, -0.15) is 0 Å². The summed E-state index contributed by atoms with van der Waals surface area (Å²) in [6.07, 6.45) is 0. The molecule has 6 nitrogen and oxygen atoms in total. The first-order valence-corrected chi connectivity index (χ1v) is 7.98. The van der Waals surface area contributed by atoms with Crippen LogP contribution >= 0.6 is 15.9 Å². The highest BCUT2D eigenvalue weighted by molar-refractivity contribution is 9.10. The molecule has 2 aromatic carbocycles. The van der Waals surface area contributed by atoms with Crippen LogP contribution in [0.3, 0.4) is 0 Å². The SMILES string of the molecule is Cc1cc(OCC(=O)NNC(=O)COc2ccccc2)ccc1Br. The van der Waals surface area contributed by atoms with Gasteiger partial charge >= 0.3 is 0 Å². The van der Waals surface area contributed by atoms with Crippen molar-refractivity contribution in [1.29, 1.82) is 0 Å². The summed E-state index contributed by atoms with van der Waals surface area (Å²) in [6.45, 7) is 1.52. The smallest absolute Gasteiger partial charge is 0.276 e. The molecule has 0 saturated heterocycles. The molecule has 2 N–H and O–H groups in total. The van der Waals surface area contributed by atoms with Gasteiger partial charge in [-0.3, -0.25) is 20.4 Å². The Bertz CT molecular complexity index is 707. The van der Waals surface area contributed by atoms with E-state index < -0.39 is 11.8 Å². The fourth-order valence-corrected chi connectivity index (χ4v) is 1.98. The third-order valence-corrected chi connectivity index (χ3v) is 3.84. The minimum atomic E-state index is -0.469. The Balaban J connectivity index is 1.67. The molecule has 0 aliphatic heterocycles. The summed E-state index contributed by atoms with van der Waals surface area (Å²) in [6, 6.07) is 14.3. The molecule has 126 valence electrons. The number of amides is 2. The van der Waals surface area contributed by atoms with E-state index in [4.69, 9.17) is 9.47 Å². The summed E-state index contributed by atoms with van der Waals surface area (Å²) >= 11 is 3.39. The first-order valence-electron chi connectivity index (χ1n) is 7.19. The maximum atomic E-state index is 11.6. The molecule has 0 radical (unpaired) electrons. The van der Waals surface area contributed by atoms with Crippen molar-refractivity contribution in [2.75, 3.05) is 13.2 Å². The van der Waals surface area contributed by atoms with E-state index in [-0.39, 0.29) is 13.2 Å². The highest BCUT2D eigenvalue weighted by Crippen LogP contribution is 2.21. The second-order valence-corrected chi connectivity index (χ2v) is 5.75. The van der Waals surface area contributed by atoms with E-state index in [1.54, 1.807) is 30.3 Å². The van der Waals surface area contributed by atoms with Crippen LogP contribution in [0, 0.1) is 6.92 Å². The van der Waals surface area contributed by atoms with Gasteiger partial charge in [0.2, 0.25) is 0 Å². The Kier molecular flexibility index (Phi) is 6.62. The van der Waals surface area contributed by atoms with Crippen LogP contribution in [0.1, 0.15) is 5.56 Å². The number of hydrazine groups is 1. The fourth-order valence-electron chi connectivity index (χ4n) is 1.73. The van der Waals surface area contributed by atoms with Crippen molar-refractivity contribution in [3.05, 3.63) is 58.6 Å². The van der Waals surface area contributed by atoms with Crippen LogP contribution in [0.25, 0.3) is 0 Å². The average molecular weight is 393 g/mol. The van der Waals surface area contributed by atoms with Crippen molar-refractivity contribution >= 4 is 27.7 Å². The number of para-hydroxylation sites is 1. The van der Waals surface area contributed by atoms with Gasteiger partial charge < -0.3 is 9.47 Å². The van der Waals surface area contributed by atoms with E-state index in [2.05, 4.69) is 26.8 Å². The summed E-state index contributed by atoms with van der Waals surface area (Å²) < 4.78 is 11.6. The number of carbonyl (C=O) groups is 2. The van der Waals surface area contributed by atoms with Crippen molar-refractivity contribution in [2.24, 2.45) is 0 Å². The third kappa shape index (κ3) is 5.92. The average Bonchev–Trinajstić information content (AvgIpc) is 2.60. The number of rotatable bonds is 6. The number of carbonyl (C=O) groups excluding carboxylic acids is 2. The van der Waals surface area contributed by atoms with Gasteiger partial charge in [0.05, 0.1) is 0 Å². The summed E-state index contributed by atoms with van der Waals surface area (Å²) in [7, 11) is 0. The highest BCUT2D eigenvalue weighted by atomic mass is 79.9. The summed E-state index contributed by atoms with van der Waals surface area (Å²) in [4.78, 5) is 23.2. The first kappa shape index (κ1) is 17.8. The van der Waals surface area contributed by atoms with Gasteiger partial charge in [0.15, 0.2) is 13.2 Å². The second kappa shape index (κ2) is 8.93. The number of hydrogen-bond donors (Lipinski definition) is 2. The van der Waals surface area contributed by atoms with Crippen molar-refractivity contribution in [3.8, 4) is 11.5 Å². The molecule has 2 amide bonds. The predicted molar refractivity (Wildman–Crippen MR) is 92.6 cm³/mol. The summed E-state index contributed by atoms with van der Waals surface area (Å²) in [5.74, 6) is 0.216. The molecule has 0 saturated carbocycles. The molecule has 0 atom stereocenters. The number of benzene rings is 2. The number of nitrogens with one attached hydrogen (secondary N) is 2. The Hall–Kier alpha value is -2.54. The Morgan fingerprint density at radius 2 is 1.50 bits per heavy atom. The minimum absolute atomic E-state index is 0.197. The molecule has 24 heavy (non-hydrogen) atoms. The minimum Gasteiger partial charge on any atom is -0.484 e. The largest absolute Gasteiger partial charge is 0.484 e. The van der Waals surface area contributed by atoms with Crippen LogP contribution < -0.4 is 20.3 Å². The molecule has 2 rings (SSSR count). The molecule has 0 unspecified atom stereocenters. The van der Waals surface area contributed by atoms with Gasteiger partial charge in [0.25, 0.3) is 11.8 Å². The van der Waals surface area contributed by atoms with Crippen molar-refractivity contribution < 1.29 is 19.1 Å². The van der Waals surface area contributed by atoms with Crippen molar-refractivity contribution in [2.45, 2.75) is 6.92 Å². The molecule has 0 spiro atoms. The topological polar surface area (TPSA) is 76.7 Å². The molecule has 0 aliphatic carbocycles. The zero-order chi connectivity index (χ0) is 17.4. The maximum absolute atomic E-state index is 11.6. The lowest BCUT2D eigenvalue weighted by molar-refractivity contribution is -0.131. The van der Waals surface area contributed by atoms with Crippen LogP contribution in [-0.2, 0) is 9.59 Å². The zero-order valence-electron chi connectivity index (χ0n) is 13.0. The van der Waals surface area contributed by atoms with Gasteiger partial charge in [-0.15, -0.1) is 0 Å². The second-order valence-electron chi connectivity index (χ2n) is 4.90. The lowest BCUT2D eigenvalue weighted by Crippen LogP contribution is -2.45. The molecule has 0 heterocycles. The molecule has 0 fully saturated rings. The number of aryl methyl sites for hydroxylation is 1. The van der Waals surface area contributed by atoms with Gasteiger partial charge in [-0.05, 0) is 42.8 Å². The summed E-state index contributed by atoms with van der Waals surface area (Å²) in [5, 5.41) is 0. The van der Waals surface area contributed by atoms with E-state index in [9.17, 15) is 9.59 Å².